The van der Waals surface area contributed by atoms with E-state index in [9.17, 15) is 4.79 Å². The Kier molecular flexibility index (Phi) is 4.73. The highest BCUT2D eigenvalue weighted by Gasteiger charge is 2.14. The van der Waals surface area contributed by atoms with E-state index in [0.29, 0.717) is 0 Å². The van der Waals surface area contributed by atoms with Crippen LogP contribution in [-0.4, -0.2) is 18.0 Å². The second-order valence-corrected chi connectivity index (χ2v) is 5.10. The van der Waals surface area contributed by atoms with Gasteiger partial charge in [-0.25, -0.2) is 0 Å². The first-order chi connectivity index (χ1) is 7.93. The molecule has 0 aliphatic carbocycles. The summed E-state index contributed by atoms with van der Waals surface area (Å²) in [4.78, 5) is 11.6. The van der Waals surface area contributed by atoms with Crippen molar-refractivity contribution in [1.29, 1.82) is 0 Å². The molecule has 0 atom stereocenters. The third-order valence-electron chi connectivity index (χ3n) is 2.16. The van der Waals surface area contributed by atoms with E-state index >= 15 is 0 Å². The molecule has 0 heterocycles. The molecule has 0 radical (unpaired) electrons. The fourth-order valence-electron chi connectivity index (χ4n) is 1.12. The number of benzene rings is 1. The van der Waals surface area contributed by atoms with Gasteiger partial charge in [0.05, 0.1) is 12.1 Å². The molecule has 0 saturated carbocycles. The molecule has 0 spiro atoms. The van der Waals surface area contributed by atoms with E-state index in [1.165, 1.54) is 0 Å². The summed E-state index contributed by atoms with van der Waals surface area (Å²) < 4.78 is 0.923. The van der Waals surface area contributed by atoms with E-state index in [-0.39, 0.29) is 12.5 Å². The summed E-state index contributed by atoms with van der Waals surface area (Å²) >= 11 is 3.34. The predicted octanol–water partition coefficient (Wildman–Crippen LogP) is 2.39. The summed E-state index contributed by atoms with van der Waals surface area (Å²) in [5.74, 6) is 2.45. The number of terminal acetylenes is 1. The highest BCUT2D eigenvalue weighted by molar-refractivity contribution is 9.10. The Morgan fingerprint density at radius 1 is 1.53 bits per heavy atom. The topological polar surface area (TPSA) is 41.1 Å². The predicted molar refractivity (Wildman–Crippen MR) is 73.7 cm³/mol. The first kappa shape index (κ1) is 13.8. The third kappa shape index (κ3) is 5.03. The van der Waals surface area contributed by atoms with Gasteiger partial charge in [0.25, 0.3) is 0 Å². The Balaban J connectivity index is 2.49. The van der Waals surface area contributed by atoms with Gasteiger partial charge in [-0.1, -0.05) is 27.9 Å². The van der Waals surface area contributed by atoms with Gasteiger partial charge in [0.2, 0.25) is 5.91 Å². The van der Waals surface area contributed by atoms with Gasteiger partial charge in [0, 0.05) is 10.2 Å². The summed E-state index contributed by atoms with van der Waals surface area (Å²) in [6, 6.07) is 7.42. The van der Waals surface area contributed by atoms with Crippen molar-refractivity contribution < 1.29 is 4.79 Å². The number of halogens is 1. The van der Waals surface area contributed by atoms with E-state index < -0.39 is 5.54 Å². The number of rotatable bonds is 4. The van der Waals surface area contributed by atoms with E-state index in [1.54, 1.807) is 0 Å². The van der Waals surface area contributed by atoms with Gasteiger partial charge in [-0.15, -0.1) is 6.42 Å². The molecule has 17 heavy (non-hydrogen) atoms. The van der Waals surface area contributed by atoms with Crippen LogP contribution in [0.3, 0.4) is 0 Å². The van der Waals surface area contributed by atoms with Crippen molar-refractivity contribution in [1.82, 2.24) is 5.32 Å². The molecular weight excluding hydrogens is 280 g/mol. The zero-order valence-electron chi connectivity index (χ0n) is 9.88. The minimum absolute atomic E-state index is 0.119. The van der Waals surface area contributed by atoms with Gasteiger partial charge >= 0.3 is 0 Å². The summed E-state index contributed by atoms with van der Waals surface area (Å²) in [5, 5.41) is 5.76. The Morgan fingerprint density at radius 2 is 2.24 bits per heavy atom. The molecule has 0 fully saturated rings. The minimum Gasteiger partial charge on any atom is -0.325 e. The average molecular weight is 295 g/mol. The Hall–Kier alpha value is -1.31. The molecule has 0 aromatic heterocycles. The van der Waals surface area contributed by atoms with Crippen LogP contribution in [0.25, 0.3) is 0 Å². The number of anilines is 1. The molecule has 0 unspecified atom stereocenters. The lowest BCUT2D eigenvalue weighted by atomic mass is 10.1. The fourth-order valence-corrected chi connectivity index (χ4v) is 1.52. The van der Waals surface area contributed by atoms with Crippen molar-refractivity contribution in [2.45, 2.75) is 19.4 Å². The van der Waals surface area contributed by atoms with Gasteiger partial charge in [0.15, 0.2) is 0 Å². The van der Waals surface area contributed by atoms with Gasteiger partial charge in [-0.3, -0.25) is 10.1 Å². The zero-order chi connectivity index (χ0) is 12.9. The maximum Gasteiger partial charge on any atom is 0.238 e. The van der Waals surface area contributed by atoms with Gasteiger partial charge < -0.3 is 5.32 Å². The van der Waals surface area contributed by atoms with E-state index in [4.69, 9.17) is 6.42 Å². The lowest BCUT2D eigenvalue weighted by Crippen LogP contribution is -2.42. The highest BCUT2D eigenvalue weighted by Crippen LogP contribution is 2.15. The zero-order valence-corrected chi connectivity index (χ0v) is 11.5. The number of carbonyl (C=O) groups excluding carboxylic acids is 1. The highest BCUT2D eigenvalue weighted by atomic mass is 79.9. The van der Waals surface area contributed by atoms with Gasteiger partial charge in [-0.05, 0) is 32.0 Å². The SMILES string of the molecule is C#CC(C)(C)NCC(=O)Nc1cccc(Br)c1. The molecule has 0 aliphatic rings. The van der Waals surface area contributed by atoms with Crippen LogP contribution in [-0.2, 0) is 4.79 Å². The normalized spacial score (nSPS) is 10.7. The lowest BCUT2D eigenvalue weighted by molar-refractivity contribution is -0.115. The van der Waals surface area contributed by atoms with Crippen LogP contribution >= 0.6 is 15.9 Å². The Bertz CT molecular complexity index is 449. The van der Waals surface area contributed by atoms with Crippen LogP contribution in [0, 0.1) is 12.3 Å². The van der Waals surface area contributed by atoms with Gasteiger partial charge in [0.1, 0.15) is 0 Å². The first-order valence-corrected chi connectivity index (χ1v) is 6.00. The third-order valence-corrected chi connectivity index (χ3v) is 2.65. The molecule has 0 bridgehead atoms. The largest absolute Gasteiger partial charge is 0.325 e. The molecule has 4 heteroatoms. The van der Waals surface area contributed by atoms with E-state index in [0.717, 1.165) is 10.2 Å². The van der Waals surface area contributed by atoms with Gasteiger partial charge in [-0.2, -0.15) is 0 Å². The molecule has 0 saturated heterocycles. The minimum atomic E-state index is -0.478. The Morgan fingerprint density at radius 3 is 2.82 bits per heavy atom. The first-order valence-electron chi connectivity index (χ1n) is 5.21. The standard InChI is InChI=1S/C13H15BrN2O/c1-4-13(2,3)15-9-12(17)16-11-7-5-6-10(14)8-11/h1,5-8,15H,9H2,2-3H3,(H,16,17). The monoisotopic (exact) mass is 294 g/mol. The van der Waals surface area contributed by atoms with Crippen LogP contribution in [0.5, 0.6) is 0 Å². The van der Waals surface area contributed by atoms with Crippen molar-refractivity contribution in [3.8, 4) is 12.3 Å². The summed E-state index contributed by atoms with van der Waals surface area (Å²) in [6.45, 7) is 3.88. The molecule has 2 N–H and O–H groups in total. The number of hydrogen-bond acceptors (Lipinski definition) is 2. The van der Waals surface area contributed by atoms with Crippen molar-refractivity contribution in [2.75, 3.05) is 11.9 Å². The summed E-state index contributed by atoms with van der Waals surface area (Å²) in [5.41, 5.74) is 0.277. The molecule has 0 aliphatic heterocycles. The molecule has 1 rings (SSSR count). The van der Waals surface area contributed by atoms with Crippen LogP contribution < -0.4 is 10.6 Å². The van der Waals surface area contributed by atoms with Crippen LogP contribution in [0.15, 0.2) is 28.7 Å². The summed E-state index contributed by atoms with van der Waals surface area (Å²) in [7, 11) is 0. The Labute approximate surface area is 110 Å². The second-order valence-electron chi connectivity index (χ2n) is 4.18. The number of nitrogens with one attached hydrogen (secondary N) is 2. The molecule has 1 aromatic carbocycles. The van der Waals surface area contributed by atoms with Crippen LogP contribution in [0.2, 0.25) is 0 Å². The van der Waals surface area contributed by atoms with Crippen molar-refractivity contribution >= 4 is 27.5 Å². The lowest BCUT2D eigenvalue weighted by Gasteiger charge is -2.19. The van der Waals surface area contributed by atoms with E-state index in [1.807, 2.05) is 38.1 Å². The number of carbonyl (C=O) groups is 1. The van der Waals surface area contributed by atoms with Crippen molar-refractivity contribution in [3.05, 3.63) is 28.7 Å². The number of hydrogen-bond donors (Lipinski definition) is 2. The molecule has 1 aromatic rings. The molecule has 3 nitrogen and oxygen atoms in total. The average Bonchev–Trinajstić information content (AvgIpc) is 2.27. The maximum atomic E-state index is 11.6. The molecular formula is C13H15BrN2O. The second kappa shape index (κ2) is 5.85. The van der Waals surface area contributed by atoms with Crippen LogP contribution in [0.4, 0.5) is 5.69 Å². The van der Waals surface area contributed by atoms with Crippen molar-refractivity contribution in [3.63, 3.8) is 0 Å². The van der Waals surface area contributed by atoms with E-state index in [2.05, 4.69) is 32.5 Å². The molecule has 1 amide bonds. The smallest absolute Gasteiger partial charge is 0.238 e. The summed E-state index contributed by atoms with van der Waals surface area (Å²) in [6.07, 6.45) is 5.31. The number of amides is 1. The quantitative estimate of drug-likeness (QED) is 0.837. The maximum absolute atomic E-state index is 11.6. The van der Waals surface area contributed by atoms with Crippen molar-refractivity contribution in [2.24, 2.45) is 0 Å². The molecule has 90 valence electrons. The fraction of sp³-hybridized carbons (Fsp3) is 0.308. The van der Waals surface area contributed by atoms with Crippen LogP contribution in [0.1, 0.15) is 13.8 Å².